The molecule has 18 heavy (non-hydrogen) atoms. The summed E-state index contributed by atoms with van der Waals surface area (Å²) in [6.07, 6.45) is 2.57. The van der Waals surface area contributed by atoms with E-state index in [1.807, 2.05) is 20.0 Å². The van der Waals surface area contributed by atoms with Crippen molar-refractivity contribution in [2.24, 2.45) is 0 Å². The molecule has 0 bridgehead atoms. The van der Waals surface area contributed by atoms with Gasteiger partial charge in [-0.3, -0.25) is 0 Å². The van der Waals surface area contributed by atoms with Crippen molar-refractivity contribution >= 4 is 5.82 Å². The Morgan fingerprint density at radius 1 is 1.28 bits per heavy atom. The van der Waals surface area contributed by atoms with Crippen LogP contribution in [0.1, 0.15) is 11.1 Å². The third kappa shape index (κ3) is 1.70. The molecule has 0 amide bonds. The number of benzene rings is 1. The fraction of sp³-hybridized carbons (Fsp3) is 0.286. The smallest absolute Gasteiger partial charge is 0.132 e. The number of ether oxygens (including phenoxy) is 1. The lowest BCUT2D eigenvalue weighted by Gasteiger charge is -2.09. The van der Waals surface area contributed by atoms with Crippen molar-refractivity contribution < 1.29 is 4.74 Å². The lowest BCUT2D eigenvalue weighted by molar-refractivity contribution is 0.357. The Morgan fingerprint density at radius 2 is 2.17 bits per heavy atom. The molecule has 1 aliphatic rings. The van der Waals surface area contributed by atoms with Gasteiger partial charge in [0.1, 0.15) is 17.9 Å². The molecule has 0 spiro atoms. The fourth-order valence-corrected chi connectivity index (χ4v) is 2.33. The van der Waals surface area contributed by atoms with E-state index < -0.39 is 0 Å². The highest BCUT2D eigenvalue weighted by Crippen LogP contribution is 2.31. The lowest BCUT2D eigenvalue weighted by atomic mass is 10.0. The Hall–Kier alpha value is -2.10. The minimum atomic E-state index is 0.781. The van der Waals surface area contributed by atoms with E-state index in [4.69, 9.17) is 4.74 Å². The van der Waals surface area contributed by atoms with Gasteiger partial charge in [0, 0.05) is 24.6 Å². The largest absolute Gasteiger partial charge is 0.493 e. The molecule has 4 heteroatoms. The summed E-state index contributed by atoms with van der Waals surface area (Å²) in [6, 6.07) is 6.24. The third-order valence-corrected chi connectivity index (χ3v) is 3.28. The number of anilines is 1. The highest BCUT2D eigenvalue weighted by atomic mass is 16.5. The van der Waals surface area contributed by atoms with Crippen LogP contribution in [0.2, 0.25) is 0 Å². The zero-order valence-electron chi connectivity index (χ0n) is 10.5. The molecule has 0 atom stereocenters. The normalized spacial score (nSPS) is 13.0. The molecular formula is C14H15N3O. The van der Waals surface area contributed by atoms with Crippen molar-refractivity contribution in [3.8, 4) is 17.0 Å². The molecule has 4 nitrogen and oxygen atoms in total. The van der Waals surface area contributed by atoms with Gasteiger partial charge in [-0.1, -0.05) is 0 Å². The molecule has 2 heterocycles. The zero-order valence-corrected chi connectivity index (χ0v) is 10.5. The molecule has 1 aromatic carbocycles. The maximum Gasteiger partial charge on any atom is 0.132 e. The van der Waals surface area contributed by atoms with Gasteiger partial charge in [-0.25, -0.2) is 9.97 Å². The SMILES string of the molecule is CNc1ncnc(-c2ccc3c(c2)CCO3)c1C. The van der Waals surface area contributed by atoms with Crippen LogP contribution in [-0.4, -0.2) is 23.6 Å². The molecule has 1 aliphatic heterocycles. The van der Waals surface area contributed by atoms with Crippen molar-refractivity contribution in [3.63, 3.8) is 0 Å². The molecule has 0 unspecified atom stereocenters. The topological polar surface area (TPSA) is 47.0 Å². The van der Waals surface area contributed by atoms with Crippen molar-refractivity contribution in [1.29, 1.82) is 0 Å². The molecule has 0 aliphatic carbocycles. The summed E-state index contributed by atoms with van der Waals surface area (Å²) >= 11 is 0. The van der Waals surface area contributed by atoms with Gasteiger partial charge >= 0.3 is 0 Å². The van der Waals surface area contributed by atoms with Gasteiger partial charge in [-0.2, -0.15) is 0 Å². The maximum absolute atomic E-state index is 5.52. The summed E-state index contributed by atoms with van der Waals surface area (Å²) in [5.41, 5.74) is 4.43. The second-order valence-corrected chi connectivity index (χ2v) is 4.37. The van der Waals surface area contributed by atoms with Crippen molar-refractivity contribution in [2.75, 3.05) is 19.0 Å². The predicted octanol–water partition coefficient (Wildman–Crippen LogP) is 2.43. The van der Waals surface area contributed by atoms with E-state index in [2.05, 4.69) is 27.4 Å². The van der Waals surface area contributed by atoms with E-state index >= 15 is 0 Å². The second kappa shape index (κ2) is 4.29. The Kier molecular flexibility index (Phi) is 2.63. The first-order valence-electron chi connectivity index (χ1n) is 6.05. The van der Waals surface area contributed by atoms with Crippen LogP contribution in [-0.2, 0) is 6.42 Å². The summed E-state index contributed by atoms with van der Waals surface area (Å²) in [4.78, 5) is 8.60. The highest BCUT2D eigenvalue weighted by Gasteiger charge is 2.14. The average molecular weight is 241 g/mol. The van der Waals surface area contributed by atoms with Crippen LogP contribution in [0.4, 0.5) is 5.82 Å². The molecule has 0 saturated heterocycles. The summed E-state index contributed by atoms with van der Waals surface area (Å²) in [5.74, 6) is 1.87. The zero-order chi connectivity index (χ0) is 12.5. The number of nitrogens with one attached hydrogen (secondary N) is 1. The van der Waals surface area contributed by atoms with E-state index in [1.165, 1.54) is 5.56 Å². The van der Waals surface area contributed by atoms with Gasteiger partial charge in [0.05, 0.1) is 12.3 Å². The molecular weight excluding hydrogens is 226 g/mol. The molecule has 0 radical (unpaired) electrons. The number of hydrogen-bond donors (Lipinski definition) is 1. The molecule has 92 valence electrons. The first kappa shape index (κ1) is 11.0. The van der Waals surface area contributed by atoms with Gasteiger partial charge in [0.25, 0.3) is 0 Å². The van der Waals surface area contributed by atoms with Gasteiger partial charge in [0.15, 0.2) is 0 Å². The molecule has 0 fully saturated rings. The third-order valence-electron chi connectivity index (χ3n) is 3.28. The Bertz CT molecular complexity index is 596. The minimum Gasteiger partial charge on any atom is -0.493 e. The van der Waals surface area contributed by atoms with Crippen molar-refractivity contribution in [3.05, 3.63) is 35.7 Å². The van der Waals surface area contributed by atoms with Crippen LogP contribution in [0.25, 0.3) is 11.3 Å². The van der Waals surface area contributed by atoms with Crippen LogP contribution < -0.4 is 10.1 Å². The Labute approximate surface area is 106 Å². The number of nitrogens with zero attached hydrogens (tertiary/aromatic N) is 2. The number of hydrogen-bond acceptors (Lipinski definition) is 4. The first-order valence-corrected chi connectivity index (χ1v) is 6.05. The number of rotatable bonds is 2. The van der Waals surface area contributed by atoms with E-state index in [0.29, 0.717) is 0 Å². The Morgan fingerprint density at radius 3 is 3.00 bits per heavy atom. The van der Waals surface area contributed by atoms with Crippen molar-refractivity contribution in [1.82, 2.24) is 9.97 Å². The minimum absolute atomic E-state index is 0.781. The van der Waals surface area contributed by atoms with Gasteiger partial charge < -0.3 is 10.1 Å². The van der Waals surface area contributed by atoms with E-state index in [9.17, 15) is 0 Å². The van der Waals surface area contributed by atoms with Crippen LogP contribution >= 0.6 is 0 Å². The second-order valence-electron chi connectivity index (χ2n) is 4.37. The van der Waals surface area contributed by atoms with Crippen LogP contribution in [0, 0.1) is 6.92 Å². The lowest BCUT2D eigenvalue weighted by Crippen LogP contribution is -1.99. The molecule has 0 saturated carbocycles. The summed E-state index contributed by atoms with van der Waals surface area (Å²) in [7, 11) is 1.87. The standard InChI is InChI=1S/C14H15N3O/c1-9-13(16-8-17-14(9)15-2)11-3-4-12-10(7-11)5-6-18-12/h3-4,7-8H,5-6H2,1-2H3,(H,15,16,17). The quantitative estimate of drug-likeness (QED) is 0.877. The average Bonchev–Trinajstić information content (AvgIpc) is 2.86. The van der Waals surface area contributed by atoms with Crippen LogP contribution in [0.15, 0.2) is 24.5 Å². The maximum atomic E-state index is 5.52. The molecule has 2 aromatic rings. The van der Waals surface area contributed by atoms with E-state index in [1.54, 1.807) is 6.33 Å². The number of aromatic nitrogens is 2. The first-order chi connectivity index (χ1) is 8.79. The Balaban J connectivity index is 2.10. The van der Waals surface area contributed by atoms with Gasteiger partial charge in [-0.05, 0) is 30.7 Å². The van der Waals surface area contributed by atoms with Crippen molar-refractivity contribution in [2.45, 2.75) is 13.3 Å². The molecule has 1 aromatic heterocycles. The highest BCUT2D eigenvalue weighted by molar-refractivity contribution is 5.69. The monoisotopic (exact) mass is 241 g/mol. The number of fused-ring (bicyclic) bond motifs is 1. The summed E-state index contributed by atoms with van der Waals surface area (Å²) in [5, 5.41) is 3.08. The van der Waals surface area contributed by atoms with Gasteiger partial charge in [0.2, 0.25) is 0 Å². The predicted molar refractivity (Wildman–Crippen MR) is 71.0 cm³/mol. The summed E-state index contributed by atoms with van der Waals surface area (Å²) in [6.45, 7) is 2.81. The fourth-order valence-electron chi connectivity index (χ4n) is 2.33. The molecule has 3 rings (SSSR count). The van der Waals surface area contributed by atoms with Gasteiger partial charge in [-0.15, -0.1) is 0 Å². The van der Waals surface area contributed by atoms with E-state index in [-0.39, 0.29) is 0 Å². The molecule has 1 N–H and O–H groups in total. The summed E-state index contributed by atoms with van der Waals surface area (Å²) < 4.78 is 5.52. The van der Waals surface area contributed by atoms with Crippen LogP contribution in [0.5, 0.6) is 5.75 Å². The van der Waals surface area contributed by atoms with Crippen LogP contribution in [0.3, 0.4) is 0 Å². The van der Waals surface area contributed by atoms with E-state index in [0.717, 1.165) is 41.4 Å².